The molecule has 0 spiro atoms. The highest BCUT2D eigenvalue weighted by atomic mass is 16.5. The minimum Gasteiger partial charge on any atom is -0.480 e. The highest BCUT2D eigenvalue weighted by Gasteiger charge is 2.27. The van der Waals surface area contributed by atoms with Gasteiger partial charge in [-0.1, -0.05) is 6.07 Å². The summed E-state index contributed by atoms with van der Waals surface area (Å²) in [5.41, 5.74) is 1.80. The summed E-state index contributed by atoms with van der Waals surface area (Å²) in [6, 6.07) is 7.70. The van der Waals surface area contributed by atoms with Crippen LogP contribution in [0.5, 0.6) is 5.88 Å². The topological polar surface area (TPSA) is 85.5 Å². The standard InChI is InChI=1S/C20H24N6O2/c1-28-19-11-10-18-23-22-17(26(18)24-19)8-4-9-20(27)25-13-3-2-7-16(25)15-6-5-12-21-14-15/h5-6,10-12,14,16H,2-4,7-9,13H2,1H3. The predicted molar refractivity (Wildman–Crippen MR) is 103 cm³/mol. The molecule has 8 nitrogen and oxygen atoms in total. The van der Waals surface area contributed by atoms with Crippen LogP contribution >= 0.6 is 0 Å². The van der Waals surface area contributed by atoms with Gasteiger partial charge in [0.25, 0.3) is 0 Å². The minimum atomic E-state index is 0.134. The lowest BCUT2D eigenvalue weighted by atomic mass is 9.96. The molecule has 4 rings (SSSR count). The number of piperidine rings is 1. The third kappa shape index (κ3) is 3.81. The molecule has 1 aliphatic rings. The number of pyridine rings is 1. The maximum Gasteiger partial charge on any atom is 0.231 e. The summed E-state index contributed by atoms with van der Waals surface area (Å²) in [6.45, 7) is 0.811. The van der Waals surface area contributed by atoms with E-state index >= 15 is 0 Å². The maximum atomic E-state index is 12.9. The average molecular weight is 380 g/mol. The summed E-state index contributed by atoms with van der Waals surface area (Å²) < 4.78 is 6.85. The lowest BCUT2D eigenvalue weighted by molar-refractivity contribution is -0.135. The van der Waals surface area contributed by atoms with E-state index in [-0.39, 0.29) is 11.9 Å². The number of ether oxygens (including phenoxy) is 1. The van der Waals surface area contributed by atoms with Gasteiger partial charge in [0.1, 0.15) is 0 Å². The molecule has 8 heteroatoms. The number of carbonyl (C=O) groups excluding carboxylic acids is 1. The summed E-state index contributed by atoms with van der Waals surface area (Å²) in [5.74, 6) is 1.44. The fraction of sp³-hybridized carbons (Fsp3) is 0.450. The van der Waals surface area contributed by atoms with Gasteiger partial charge in [-0.2, -0.15) is 4.52 Å². The zero-order valence-corrected chi connectivity index (χ0v) is 16.0. The molecule has 1 fully saturated rings. The summed E-state index contributed by atoms with van der Waals surface area (Å²) in [5, 5.41) is 12.7. The van der Waals surface area contributed by atoms with Crippen LogP contribution in [0, 0.1) is 0 Å². The molecule has 0 bridgehead atoms. The third-order valence-electron chi connectivity index (χ3n) is 5.20. The van der Waals surface area contributed by atoms with E-state index in [1.54, 1.807) is 23.9 Å². The molecule has 0 aromatic carbocycles. The molecule has 0 N–H and O–H groups in total. The summed E-state index contributed by atoms with van der Waals surface area (Å²) in [6.07, 6.45) is 8.66. The smallest absolute Gasteiger partial charge is 0.231 e. The number of likely N-dealkylation sites (tertiary alicyclic amines) is 1. The Hall–Kier alpha value is -3.03. The van der Waals surface area contributed by atoms with Gasteiger partial charge in [0, 0.05) is 37.8 Å². The van der Waals surface area contributed by atoms with Crippen molar-refractivity contribution in [2.24, 2.45) is 0 Å². The number of methoxy groups -OCH3 is 1. The minimum absolute atomic E-state index is 0.134. The van der Waals surface area contributed by atoms with Gasteiger partial charge in [-0.15, -0.1) is 15.3 Å². The summed E-state index contributed by atoms with van der Waals surface area (Å²) in [4.78, 5) is 19.1. The van der Waals surface area contributed by atoms with Crippen LogP contribution in [0.2, 0.25) is 0 Å². The molecule has 1 amide bonds. The van der Waals surface area contributed by atoms with Gasteiger partial charge in [0.05, 0.1) is 13.2 Å². The Labute approximate surface area is 163 Å². The van der Waals surface area contributed by atoms with Crippen molar-refractivity contribution in [1.29, 1.82) is 0 Å². The van der Waals surface area contributed by atoms with Gasteiger partial charge < -0.3 is 9.64 Å². The van der Waals surface area contributed by atoms with Crippen molar-refractivity contribution >= 4 is 11.6 Å². The molecular weight excluding hydrogens is 356 g/mol. The molecule has 1 atom stereocenters. The van der Waals surface area contributed by atoms with Gasteiger partial charge in [-0.3, -0.25) is 9.78 Å². The van der Waals surface area contributed by atoms with E-state index in [0.29, 0.717) is 30.8 Å². The normalized spacial score (nSPS) is 17.0. The van der Waals surface area contributed by atoms with Crippen molar-refractivity contribution < 1.29 is 9.53 Å². The molecule has 28 heavy (non-hydrogen) atoms. The number of aryl methyl sites for hydroxylation is 1. The number of aromatic nitrogens is 5. The number of carbonyl (C=O) groups is 1. The molecule has 0 radical (unpaired) electrons. The van der Waals surface area contributed by atoms with Gasteiger partial charge in [-0.05, 0) is 43.4 Å². The number of hydrogen-bond acceptors (Lipinski definition) is 6. The van der Waals surface area contributed by atoms with E-state index < -0.39 is 0 Å². The van der Waals surface area contributed by atoms with E-state index in [1.165, 1.54) is 0 Å². The second kappa shape index (κ2) is 8.33. The molecule has 1 unspecified atom stereocenters. The van der Waals surface area contributed by atoms with Crippen molar-refractivity contribution in [2.75, 3.05) is 13.7 Å². The fourth-order valence-corrected chi connectivity index (χ4v) is 3.77. The first-order valence-corrected chi connectivity index (χ1v) is 9.71. The van der Waals surface area contributed by atoms with Crippen LogP contribution < -0.4 is 4.74 Å². The predicted octanol–water partition coefficient (Wildman–Crippen LogP) is 2.60. The van der Waals surface area contributed by atoms with Crippen LogP contribution in [0.4, 0.5) is 0 Å². The monoisotopic (exact) mass is 380 g/mol. The van der Waals surface area contributed by atoms with E-state index in [0.717, 1.165) is 37.2 Å². The second-order valence-corrected chi connectivity index (χ2v) is 7.00. The zero-order chi connectivity index (χ0) is 19.3. The van der Waals surface area contributed by atoms with Crippen LogP contribution in [-0.4, -0.2) is 49.3 Å². The Kier molecular flexibility index (Phi) is 5.45. The molecule has 1 saturated heterocycles. The van der Waals surface area contributed by atoms with Gasteiger partial charge >= 0.3 is 0 Å². The van der Waals surface area contributed by atoms with Crippen LogP contribution in [0.15, 0.2) is 36.7 Å². The average Bonchev–Trinajstić information content (AvgIpc) is 3.16. The number of nitrogens with zero attached hydrogens (tertiary/aromatic N) is 6. The van der Waals surface area contributed by atoms with Crippen LogP contribution in [-0.2, 0) is 11.2 Å². The lowest BCUT2D eigenvalue weighted by Gasteiger charge is -2.36. The first-order valence-electron chi connectivity index (χ1n) is 9.71. The van der Waals surface area contributed by atoms with Crippen LogP contribution in [0.25, 0.3) is 5.65 Å². The molecule has 4 heterocycles. The highest BCUT2D eigenvalue weighted by Crippen LogP contribution is 2.31. The van der Waals surface area contributed by atoms with E-state index in [1.807, 2.05) is 23.2 Å². The van der Waals surface area contributed by atoms with Crippen LogP contribution in [0.1, 0.15) is 49.5 Å². The van der Waals surface area contributed by atoms with Crippen molar-refractivity contribution in [3.05, 3.63) is 48.0 Å². The second-order valence-electron chi connectivity index (χ2n) is 7.00. The maximum absolute atomic E-state index is 12.9. The zero-order valence-electron chi connectivity index (χ0n) is 16.0. The summed E-state index contributed by atoms with van der Waals surface area (Å²) >= 11 is 0. The highest BCUT2D eigenvalue weighted by molar-refractivity contribution is 5.76. The molecule has 1 aliphatic heterocycles. The number of amides is 1. The van der Waals surface area contributed by atoms with Crippen molar-refractivity contribution in [1.82, 2.24) is 29.7 Å². The molecule has 0 aliphatic carbocycles. The third-order valence-corrected chi connectivity index (χ3v) is 5.20. The number of hydrogen-bond donors (Lipinski definition) is 0. The van der Waals surface area contributed by atoms with Gasteiger partial charge in [0.15, 0.2) is 11.5 Å². The SMILES string of the molecule is COc1ccc2nnc(CCCC(=O)N3CCCCC3c3cccnc3)n2n1. The molecule has 146 valence electrons. The Bertz CT molecular complexity index is 942. The van der Waals surface area contributed by atoms with E-state index in [2.05, 4.69) is 26.3 Å². The fourth-order valence-electron chi connectivity index (χ4n) is 3.77. The number of fused-ring (bicyclic) bond motifs is 1. The van der Waals surface area contributed by atoms with Crippen molar-refractivity contribution in [3.8, 4) is 5.88 Å². The Balaban J connectivity index is 1.40. The van der Waals surface area contributed by atoms with Crippen molar-refractivity contribution in [3.63, 3.8) is 0 Å². The molecule has 3 aromatic heterocycles. The van der Waals surface area contributed by atoms with Gasteiger partial charge in [0.2, 0.25) is 11.8 Å². The first kappa shape index (κ1) is 18.3. The molecule has 0 saturated carbocycles. The number of rotatable bonds is 6. The van der Waals surface area contributed by atoms with Crippen LogP contribution in [0.3, 0.4) is 0 Å². The largest absolute Gasteiger partial charge is 0.480 e. The molecular formula is C20H24N6O2. The molecule has 3 aromatic rings. The summed E-state index contributed by atoms with van der Waals surface area (Å²) in [7, 11) is 1.58. The lowest BCUT2D eigenvalue weighted by Crippen LogP contribution is -2.38. The van der Waals surface area contributed by atoms with E-state index in [4.69, 9.17) is 4.74 Å². The Morgan fingerprint density at radius 2 is 2.18 bits per heavy atom. The van der Waals surface area contributed by atoms with Gasteiger partial charge in [-0.25, -0.2) is 0 Å². The van der Waals surface area contributed by atoms with E-state index in [9.17, 15) is 4.79 Å². The quantitative estimate of drug-likeness (QED) is 0.653. The Morgan fingerprint density at radius 3 is 3.00 bits per heavy atom. The Morgan fingerprint density at radius 1 is 1.25 bits per heavy atom. The van der Waals surface area contributed by atoms with Crippen molar-refractivity contribution in [2.45, 2.75) is 44.6 Å². The first-order chi connectivity index (χ1) is 13.8.